The highest BCUT2D eigenvalue weighted by molar-refractivity contribution is 5.91. The number of nitrogens with zero attached hydrogens (tertiary/aromatic N) is 1. The van der Waals surface area contributed by atoms with Gasteiger partial charge >= 0.3 is 6.03 Å². The van der Waals surface area contributed by atoms with Crippen LogP contribution in [-0.4, -0.2) is 43.1 Å². The minimum Gasteiger partial charge on any atom is -0.492 e. The molecule has 1 heterocycles. The summed E-state index contributed by atoms with van der Waals surface area (Å²) in [4.78, 5) is 25.7. The molecule has 0 aromatic heterocycles. The third-order valence-corrected chi connectivity index (χ3v) is 4.14. The third kappa shape index (κ3) is 5.15. The molecule has 1 aliphatic heterocycles. The second-order valence-corrected chi connectivity index (χ2v) is 5.97. The van der Waals surface area contributed by atoms with Crippen molar-refractivity contribution in [2.24, 2.45) is 5.92 Å². The summed E-state index contributed by atoms with van der Waals surface area (Å²) < 4.78 is 5.54. The molecule has 0 spiro atoms. The van der Waals surface area contributed by atoms with Crippen LogP contribution >= 0.6 is 0 Å². The van der Waals surface area contributed by atoms with Gasteiger partial charge in [-0.15, -0.1) is 0 Å². The number of carbonyl (C=O) groups is 2. The van der Waals surface area contributed by atoms with Gasteiger partial charge in [0.1, 0.15) is 5.75 Å². The van der Waals surface area contributed by atoms with Crippen LogP contribution in [-0.2, 0) is 4.79 Å². The second kappa shape index (κ2) is 9.15. The van der Waals surface area contributed by atoms with E-state index in [2.05, 4.69) is 10.6 Å². The molecule has 1 atom stereocenters. The largest absolute Gasteiger partial charge is 0.492 e. The number of likely N-dealkylation sites (tertiary alicyclic amines) is 1. The van der Waals surface area contributed by atoms with Crippen LogP contribution in [0.5, 0.6) is 5.75 Å². The SMILES string of the molecule is CCOc1ccccc1NC(=O)N1CCCC(CNC(=O)CC)C1. The van der Waals surface area contributed by atoms with Crippen LogP contribution in [0, 0.1) is 5.92 Å². The van der Waals surface area contributed by atoms with Crippen molar-refractivity contribution in [1.82, 2.24) is 10.2 Å². The summed E-state index contributed by atoms with van der Waals surface area (Å²) in [5, 5.41) is 5.86. The maximum absolute atomic E-state index is 12.5. The standard InChI is InChI=1S/C18H27N3O3/c1-3-17(22)19-12-14-8-7-11-21(13-14)18(23)20-15-9-5-6-10-16(15)24-4-2/h5-6,9-10,14H,3-4,7-8,11-13H2,1-2H3,(H,19,22)(H,20,23). The maximum atomic E-state index is 12.5. The molecule has 1 aliphatic rings. The van der Waals surface area contributed by atoms with E-state index in [0.29, 0.717) is 43.5 Å². The van der Waals surface area contributed by atoms with Gasteiger partial charge in [-0.25, -0.2) is 4.79 Å². The van der Waals surface area contributed by atoms with Crippen LogP contribution in [0.15, 0.2) is 24.3 Å². The first-order valence-electron chi connectivity index (χ1n) is 8.68. The van der Waals surface area contributed by atoms with Crippen LogP contribution < -0.4 is 15.4 Å². The summed E-state index contributed by atoms with van der Waals surface area (Å²) in [7, 11) is 0. The minimum atomic E-state index is -0.117. The number of nitrogens with one attached hydrogen (secondary N) is 2. The van der Waals surface area contributed by atoms with Crippen LogP contribution in [0.3, 0.4) is 0 Å². The number of benzene rings is 1. The van der Waals surface area contributed by atoms with Crippen molar-refractivity contribution in [2.75, 3.05) is 31.6 Å². The van der Waals surface area contributed by atoms with E-state index >= 15 is 0 Å². The van der Waals surface area contributed by atoms with E-state index in [0.717, 1.165) is 19.4 Å². The lowest BCUT2D eigenvalue weighted by Gasteiger charge is -2.33. The highest BCUT2D eigenvalue weighted by Gasteiger charge is 2.24. The second-order valence-electron chi connectivity index (χ2n) is 5.97. The van der Waals surface area contributed by atoms with Crippen LogP contribution in [0.1, 0.15) is 33.1 Å². The Labute approximate surface area is 143 Å². The first-order valence-corrected chi connectivity index (χ1v) is 8.68. The van der Waals surface area contributed by atoms with Crippen molar-refractivity contribution in [3.05, 3.63) is 24.3 Å². The molecule has 132 valence electrons. The molecular formula is C18H27N3O3. The van der Waals surface area contributed by atoms with Crippen molar-refractivity contribution in [3.63, 3.8) is 0 Å². The third-order valence-electron chi connectivity index (χ3n) is 4.14. The molecule has 1 aromatic rings. The smallest absolute Gasteiger partial charge is 0.321 e. The number of carbonyl (C=O) groups excluding carboxylic acids is 2. The van der Waals surface area contributed by atoms with E-state index in [1.807, 2.05) is 43.0 Å². The number of amides is 3. The normalized spacial score (nSPS) is 17.2. The Morgan fingerprint density at radius 1 is 1.29 bits per heavy atom. The average Bonchev–Trinajstić information content (AvgIpc) is 2.61. The first-order chi connectivity index (χ1) is 11.6. The van der Waals surface area contributed by atoms with Gasteiger partial charge in [0.15, 0.2) is 0 Å². The molecule has 1 unspecified atom stereocenters. The molecule has 24 heavy (non-hydrogen) atoms. The molecule has 0 radical (unpaired) electrons. The Hall–Kier alpha value is -2.24. The lowest BCUT2D eigenvalue weighted by molar-refractivity contribution is -0.121. The predicted molar refractivity (Wildman–Crippen MR) is 94.2 cm³/mol. The predicted octanol–water partition coefficient (Wildman–Crippen LogP) is 2.86. The van der Waals surface area contributed by atoms with Gasteiger partial charge in [0.2, 0.25) is 5.91 Å². The zero-order valence-electron chi connectivity index (χ0n) is 14.5. The Bertz CT molecular complexity index is 562. The number of rotatable bonds is 6. The summed E-state index contributed by atoms with van der Waals surface area (Å²) in [6.07, 6.45) is 2.47. The van der Waals surface area contributed by atoms with Gasteiger partial charge < -0.3 is 20.3 Å². The van der Waals surface area contributed by atoms with E-state index < -0.39 is 0 Å². The quantitative estimate of drug-likeness (QED) is 0.841. The number of ether oxygens (including phenoxy) is 1. The number of para-hydroxylation sites is 2. The summed E-state index contributed by atoms with van der Waals surface area (Å²) in [5.74, 6) is 1.04. The zero-order chi connectivity index (χ0) is 17.4. The van der Waals surface area contributed by atoms with Crippen LogP contribution in [0.2, 0.25) is 0 Å². The van der Waals surface area contributed by atoms with Gasteiger partial charge in [0, 0.05) is 26.1 Å². The summed E-state index contributed by atoms with van der Waals surface area (Å²) >= 11 is 0. The van der Waals surface area contributed by atoms with Gasteiger partial charge in [-0.05, 0) is 37.8 Å². The van der Waals surface area contributed by atoms with Crippen LogP contribution in [0.25, 0.3) is 0 Å². The maximum Gasteiger partial charge on any atom is 0.321 e. The van der Waals surface area contributed by atoms with Crippen LogP contribution in [0.4, 0.5) is 10.5 Å². The van der Waals surface area contributed by atoms with Crippen molar-refractivity contribution in [1.29, 1.82) is 0 Å². The van der Waals surface area contributed by atoms with Crippen molar-refractivity contribution in [2.45, 2.75) is 33.1 Å². The molecule has 0 bridgehead atoms. The lowest BCUT2D eigenvalue weighted by Crippen LogP contribution is -2.45. The fourth-order valence-corrected chi connectivity index (χ4v) is 2.84. The van der Waals surface area contributed by atoms with Gasteiger partial charge in [-0.1, -0.05) is 19.1 Å². The van der Waals surface area contributed by atoms with E-state index in [-0.39, 0.29) is 11.9 Å². The van der Waals surface area contributed by atoms with E-state index in [1.165, 1.54) is 0 Å². The molecule has 3 amide bonds. The number of urea groups is 1. The molecule has 1 aromatic carbocycles. The highest BCUT2D eigenvalue weighted by atomic mass is 16.5. The molecule has 6 nitrogen and oxygen atoms in total. The number of hydrogen-bond acceptors (Lipinski definition) is 3. The van der Waals surface area contributed by atoms with E-state index in [9.17, 15) is 9.59 Å². The molecule has 2 rings (SSSR count). The van der Waals surface area contributed by atoms with E-state index in [1.54, 1.807) is 0 Å². The monoisotopic (exact) mass is 333 g/mol. The minimum absolute atomic E-state index is 0.0576. The Kier molecular flexibility index (Phi) is 6.90. The average molecular weight is 333 g/mol. The molecule has 2 N–H and O–H groups in total. The molecular weight excluding hydrogens is 306 g/mol. The zero-order valence-corrected chi connectivity index (χ0v) is 14.5. The van der Waals surface area contributed by atoms with Gasteiger partial charge in [0.05, 0.1) is 12.3 Å². The van der Waals surface area contributed by atoms with Crippen molar-refractivity contribution in [3.8, 4) is 5.75 Å². The summed E-state index contributed by atoms with van der Waals surface area (Å²) in [6, 6.07) is 7.32. The summed E-state index contributed by atoms with van der Waals surface area (Å²) in [5.41, 5.74) is 0.686. The topological polar surface area (TPSA) is 70.7 Å². The molecule has 1 fully saturated rings. The van der Waals surface area contributed by atoms with Crippen molar-refractivity contribution >= 4 is 17.6 Å². The highest BCUT2D eigenvalue weighted by Crippen LogP contribution is 2.25. The number of piperidine rings is 1. The Morgan fingerprint density at radius 3 is 2.83 bits per heavy atom. The molecule has 0 saturated carbocycles. The Morgan fingerprint density at radius 2 is 2.08 bits per heavy atom. The lowest BCUT2D eigenvalue weighted by atomic mass is 9.98. The molecule has 0 aliphatic carbocycles. The van der Waals surface area contributed by atoms with Crippen molar-refractivity contribution < 1.29 is 14.3 Å². The number of hydrogen-bond donors (Lipinski definition) is 2. The first kappa shape index (κ1) is 18.1. The van der Waals surface area contributed by atoms with Gasteiger partial charge in [-0.3, -0.25) is 4.79 Å². The van der Waals surface area contributed by atoms with E-state index in [4.69, 9.17) is 4.74 Å². The van der Waals surface area contributed by atoms with Gasteiger partial charge in [-0.2, -0.15) is 0 Å². The fraction of sp³-hybridized carbons (Fsp3) is 0.556. The van der Waals surface area contributed by atoms with Gasteiger partial charge in [0.25, 0.3) is 0 Å². The summed E-state index contributed by atoms with van der Waals surface area (Å²) in [6.45, 7) is 6.33. The molecule has 1 saturated heterocycles. The number of anilines is 1. The molecule has 6 heteroatoms. The fourth-order valence-electron chi connectivity index (χ4n) is 2.84. The Balaban J connectivity index is 1.91.